The first kappa shape index (κ1) is 18.4. The standard InChI is InChI=1S/C14H14ClNO6S2/c1-7-13(6-12(23-7)14(17)18)24(19,20)16-9-5-10(21-2)8(15)4-11(9)22-3/h4-6,16H,1-3H3,(H,17,18). The van der Waals surface area contributed by atoms with Gasteiger partial charge in [-0.05, 0) is 13.0 Å². The molecule has 1 aromatic carbocycles. The third kappa shape index (κ3) is 3.58. The van der Waals surface area contributed by atoms with Gasteiger partial charge in [0.25, 0.3) is 10.0 Å². The molecule has 7 nitrogen and oxygen atoms in total. The predicted molar refractivity (Wildman–Crippen MR) is 91.4 cm³/mol. The molecule has 130 valence electrons. The molecule has 0 atom stereocenters. The van der Waals surface area contributed by atoms with Crippen LogP contribution in [0, 0.1) is 6.92 Å². The van der Waals surface area contributed by atoms with E-state index in [0.717, 1.165) is 17.4 Å². The van der Waals surface area contributed by atoms with E-state index in [1.165, 1.54) is 33.3 Å². The second-order valence-electron chi connectivity index (χ2n) is 4.63. The van der Waals surface area contributed by atoms with E-state index in [1.54, 1.807) is 0 Å². The highest BCUT2D eigenvalue weighted by Gasteiger charge is 2.24. The van der Waals surface area contributed by atoms with Crippen molar-refractivity contribution in [1.82, 2.24) is 0 Å². The molecule has 0 aliphatic heterocycles. The largest absolute Gasteiger partial charge is 0.495 e. The fraction of sp³-hybridized carbons (Fsp3) is 0.214. The summed E-state index contributed by atoms with van der Waals surface area (Å²) in [6.45, 7) is 1.53. The van der Waals surface area contributed by atoms with Crippen LogP contribution < -0.4 is 14.2 Å². The number of hydrogen-bond acceptors (Lipinski definition) is 6. The molecule has 0 saturated carbocycles. The van der Waals surface area contributed by atoms with Crippen molar-refractivity contribution in [1.29, 1.82) is 0 Å². The molecule has 2 rings (SSSR count). The molecule has 1 aromatic heterocycles. The molecule has 0 fully saturated rings. The summed E-state index contributed by atoms with van der Waals surface area (Å²) in [7, 11) is -1.24. The van der Waals surface area contributed by atoms with Gasteiger partial charge in [0.2, 0.25) is 0 Å². The lowest BCUT2D eigenvalue weighted by Crippen LogP contribution is -2.14. The summed E-state index contributed by atoms with van der Waals surface area (Å²) < 4.78 is 37.7. The molecule has 24 heavy (non-hydrogen) atoms. The topological polar surface area (TPSA) is 102 Å². The first-order valence-electron chi connectivity index (χ1n) is 6.47. The van der Waals surface area contributed by atoms with Crippen LogP contribution in [0.5, 0.6) is 11.5 Å². The quantitative estimate of drug-likeness (QED) is 0.783. The summed E-state index contributed by atoms with van der Waals surface area (Å²) in [6, 6.07) is 3.92. The number of hydrogen-bond donors (Lipinski definition) is 2. The number of carboxylic acid groups (broad SMARTS) is 1. The summed E-state index contributed by atoms with van der Waals surface area (Å²) in [4.78, 5) is 11.2. The number of thiophene rings is 1. The van der Waals surface area contributed by atoms with Gasteiger partial charge in [-0.2, -0.15) is 0 Å². The van der Waals surface area contributed by atoms with Crippen LogP contribution >= 0.6 is 22.9 Å². The van der Waals surface area contributed by atoms with Crippen molar-refractivity contribution in [3.05, 3.63) is 33.0 Å². The van der Waals surface area contributed by atoms with Gasteiger partial charge in [0.1, 0.15) is 21.3 Å². The van der Waals surface area contributed by atoms with E-state index < -0.39 is 16.0 Å². The SMILES string of the molecule is COc1cc(NS(=O)(=O)c2cc(C(=O)O)sc2C)c(OC)cc1Cl. The molecule has 0 amide bonds. The van der Waals surface area contributed by atoms with E-state index >= 15 is 0 Å². The molecule has 10 heteroatoms. The van der Waals surface area contributed by atoms with Crippen molar-refractivity contribution in [2.24, 2.45) is 0 Å². The maximum atomic E-state index is 12.6. The van der Waals surface area contributed by atoms with Gasteiger partial charge in [0.15, 0.2) is 0 Å². The number of aromatic carboxylic acids is 1. The fourth-order valence-corrected chi connectivity index (χ4v) is 4.70. The number of ether oxygens (including phenoxy) is 2. The second kappa shape index (κ2) is 6.88. The third-order valence-corrected chi connectivity index (χ3v) is 6.05. The average Bonchev–Trinajstić information content (AvgIpc) is 2.91. The summed E-state index contributed by atoms with van der Waals surface area (Å²) in [5.74, 6) is -0.713. The van der Waals surface area contributed by atoms with Crippen LogP contribution in [0.3, 0.4) is 0 Å². The van der Waals surface area contributed by atoms with E-state index in [1.807, 2.05) is 0 Å². The Morgan fingerprint density at radius 3 is 2.33 bits per heavy atom. The number of carbonyl (C=O) groups is 1. The highest BCUT2D eigenvalue weighted by molar-refractivity contribution is 7.93. The highest BCUT2D eigenvalue weighted by Crippen LogP contribution is 2.37. The van der Waals surface area contributed by atoms with Gasteiger partial charge in [0, 0.05) is 17.0 Å². The lowest BCUT2D eigenvalue weighted by molar-refractivity contribution is 0.0702. The minimum atomic E-state index is -4.01. The van der Waals surface area contributed by atoms with Crippen molar-refractivity contribution >= 4 is 44.6 Å². The number of nitrogens with one attached hydrogen (secondary N) is 1. The molecule has 0 spiro atoms. The smallest absolute Gasteiger partial charge is 0.345 e. The molecular formula is C14H14ClNO6S2. The first-order valence-corrected chi connectivity index (χ1v) is 9.15. The Hall–Kier alpha value is -1.97. The van der Waals surface area contributed by atoms with Gasteiger partial charge in [-0.15, -0.1) is 11.3 Å². The van der Waals surface area contributed by atoms with Gasteiger partial charge < -0.3 is 14.6 Å². The van der Waals surface area contributed by atoms with E-state index in [0.29, 0.717) is 4.88 Å². The average molecular weight is 392 g/mol. The molecule has 0 aliphatic rings. The number of aryl methyl sites for hydroxylation is 1. The lowest BCUT2D eigenvalue weighted by Gasteiger charge is -2.14. The number of benzene rings is 1. The number of carboxylic acids is 1. The van der Waals surface area contributed by atoms with Gasteiger partial charge >= 0.3 is 5.97 Å². The Balaban J connectivity index is 2.48. The molecule has 0 radical (unpaired) electrons. The number of methoxy groups -OCH3 is 2. The van der Waals surface area contributed by atoms with Gasteiger partial charge in [-0.1, -0.05) is 11.6 Å². The zero-order valence-electron chi connectivity index (χ0n) is 12.9. The molecule has 0 saturated heterocycles. The Morgan fingerprint density at radius 2 is 1.83 bits per heavy atom. The zero-order valence-corrected chi connectivity index (χ0v) is 15.3. The van der Waals surface area contributed by atoms with Crippen LogP contribution in [-0.2, 0) is 10.0 Å². The van der Waals surface area contributed by atoms with Crippen LogP contribution in [0.1, 0.15) is 14.5 Å². The highest BCUT2D eigenvalue weighted by atomic mass is 35.5. The number of sulfonamides is 1. The Labute approximate surface area is 147 Å². The molecule has 2 aromatic rings. The Morgan fingerprint density at radius 1 is 1.21 bits per heavy atom. The second-order valence-corrected chi connectivity index (χ2v) is 7.94. The maximum absolute atomic E-state index is 12.6. The van der Waals surface area contributed by atoms with E-state index in [4.69, 9.17) is 26.2 Å². The van der Waals surface area contributed by atoms with Crippen molar-refractivity contribution in [2.75, 3.05) is 18.9 Å². The molecule has 0 aliphatic carbocycles. The molecule has 2 N–H and O–H groups in total. The molecular weight excluding hydrogens is 378 g/mol. The predicted octanol–water partition coefficient (Wildman–Crippen LogP) is 3.23. The van der Waals surface area contributed by atoms with Crippen molar-refractivity contribution in [3.63, 3.8) is 0 Å². The zero-order chi connectivity index (χ0) is 18.1. The van der Waals surface area contributed by atoms with Crippen LogP contribution in [0.4, 0.5) is 5.69 Å². The van der Waals surface area contributed by atoms with Gasteiger partial charge in [-0.25, -0.2) is 13.2 Å². The third-order valence-electron chi connectivity index (χ3n) is 3.09. The minimum Gasteiger partial charge on any atom is -0.495 e. The van der Waals surface area contributed by atoms with Crippen LogP contribution in [0.25, 0.3) is 0 Å². The summed E-state index contributed by atoms with van der Waals surface area (Å²) in [5.41, 5.74) is 0.126. The number of rotatable bonds is 6. The molecule has 0 bridgehead atoms. The first-order chi connectivity index (χ1) is 11.2. The Kier molecular flexibility index (Phi) is 5.26. The fourth-order valence-electron chi connectivity index (χ4n) is 1.98. The van der Waals surface area contributed by atoms with Gasteiger partial charge in [-0.3, -0.25) is 4.72 Å². The lowest BCUT2D eigenvalue weighted by atomic mass is 10.3. The van der Waals surface area contributed by atoms with Crippen molar-refractivity contribution in [3.8, 4) is 11.5 Å². The van der Waals surface area contributed by atoms with Crippen molar-refractivity contribution in [2.45, 2.75) is 11.8 Å². The number of anilines is 1. The maximum Gasteiger partial charge on any atom is 0.345 e. The molecule has 0 unspecified atom stereocenters. The van der Waals surface area contributed by atoms with E-state index in [-0.39, 0.29) is 32.0 Å². The van der Waals surface area contributed by atoms with E-state index in [9.17, 15) is 13.2 Å². The summed E-state index contributed by atoms with van der Waals surface area (Å²) >= 11 is 6.87. The normalized spacial score (nSPS) is 11.2. The summed E-state index contributed by atoms with van der Waals surface area (Å²) in [6.07, 6.45) is 0. The van der Waals surface area contributed by atoms with Crippen LogP contribution in [-0.4, -0.2) is 33.7 Å². The monoisotopic (exact) mass is 391 g/mol. The number of halogens is 1. The van der Waals surface area contributed by atoms with Gasteiger partial charge in [0.05, 0.1) is 24.9 Å². The Bertz CT molecular complexity index is 891. The van der Waals surface area contributed by atoms with Crippen LogP contribution in [0.15, 0.2) is 23.1 Å². The van der Waals surface area contributed by atoms with Crippen molar-refractivity contribution < 1.29 is 27.8 Å². The minimum absolute atomic E-state index is 0.0615. The van der Waals surface area contributed by atoms with Crippen LogP contribution in [0.2, 0.25) is 5.02 Å². The van der Waals surface area contributed by atoms with E-state index in [2.05, 4.69) is 4.72 Å². The molecule has 1 heterocycles. The summed E-state index contributed by atoms with van der Waals surface area (Å²) in [5, 5.41) is 9.26.